The van der Waals surface area contributed by atoms with Crippen LogP contribution in [0.15, 0.2) is 36.4 Å². The van der Waals surface area contributed by atoms with Gasteiger partial charge in [0.25, 0.3) is 5.91 Å². The Balaban J connectivity index is 1.74. The summed E-state index contributed by atoms with van der Waals surface area (Å²) in [6.45, 7) is 1.29. The molecule has 1 N–H and O–H groups in total. The molecule has 0 saturated heterocycles. The van der Waals surface area contributed by atoms with Crippen molar-refractivity contribution in [3.05, 3.63) is 65.2 Å². The number of hydrogen-bond acceptors (Lipinski definition) is 3. The Morgan fingerprint density at radius 3 is 2.21 bits per heavy atom. The monoisotopic (exact) mass is 409 g/mol. The average Bonchev–Trinajstić information content (AvgIpc) is 3.20. The first-order valence-electron chi connectivity index (χ1n) is 9.16. The van der Waals surface area contributed by atoms with E-state index in [1.165, 1.54) is 31.2 Å². The van der Waals surface area contributed by atoms with Gasteiger partial charge in [0.15, 0.2) is 23.6 Å². The van der Waals surface area contributed by atoms with E-state index in [2.05, 4.69) is 5.32 Å². The van der Waals surface area contributed by atoms with Gasteiger partial charge in [0.05, 0.1) is 11.1 Å². The summed E-state index contributed by atoms with van der Waals surface area (Å²) in [6, 6.07) is 7.09. The van der Waals surface area contributed by atoms with Crippen LogP contribution in [0, 0.1) is 23.3 Å². The molecule has 1 aliphatic carbocycles. The van der Waals surface area contributed by atoms with Gasteiger partial charge in [-0.25, -0.2) is 17.6 Å². The van der Waals surface area contributed by atoms with Gasteiger partial charge in [0, 0.05) is 0 Å². The third-order valence-electron chi connectivity index (χ3n) is 5.19. The van der Waals surface area contributed by atoms with Crippen LogP contribution in [-0.4, -0.2) is 18.0 Å². The van der Waals surface area contributed by atoms with E-state index in [1.54, 1.807) is 0 Å². The SMILES string of the molecule is C[C@@H](OC(=O)C1(c2ccc(F)cc2)CCCC1)C(=O)Nc1ccc(F)c(F)c1F. The van der Waals surface area contributed by atoms with Gasteiger partial charge < -0.3 is 10.1 Å². The zero-order valence-electron chi connectivity index (χ0n) is 15.6. The minimum Gasteiger partial charge on any atom is -0.452 e. The maximum absolute atomic E-state index is 13.7. The van der Waals surface area contributed by atoms with Crippen LogP contribution >= 0.6 is 0 Å². The third-order valence-corrected chi connectivity index (χ3v) is 5.19. The number of benzene rings is 2. The maximum Gasteiger partial charge on any atom is 0.317 e. The van der Waals surface area contributed by atoms with E-state index in [9.17, 15) is 27.2 Å². The molecular weight excluding hydrogens is 390 g/mol. The Morgan fingerprint density at radius 1 is 0.966 bits per heavy atom. The molecule has 1 fully saturated rings. The highest BCUT2D eigenvalue weighted by Gasteiger charge is 2.45. The second-order valence-electron chi connectivity index (χ2n) is 7.06. The van der Waals surface area contributed by atoms with Gasteiger partial charge >= 0.3 is 5.97 Å². The molecule has 2 aromatic rings. The molecular formula is C21H19F4NO3. The molecule has 1 atom stereocenters. The smallest absolute Gasteiger partial charge is 0.317 e. The van der Waals surface area contributed by atoms with Crippen LogP contribution in [0.4, 0.5) is 23.2 Å². The first-order valence-corrected chi connectivity index (χ1v) is 9.16. The fraction of sp³-hybridized carbons (Fsp3) is 0.333. The van der Waals surface area contributed by atoms with E-state index >= 15 is 0 Å². The molecule has 3 rings (SSSR count). The highest BCUT2D eigenvalue weighted by Crippen LogP contribution is 2.42. The first kappa shape index (κ1) is 20.8. The van der Waals surface area contributed by atoms with Gasteiger partial charge in [-0.15, -0.1) is 0 Å². The van der Waals surface area contributed by atoms with Crippen molar-refractivity contribution in [3.63, 3.8) is 0 Å². The highest BCUT2D eigenvalue weighted by atomic mass is 19.2. The van der Waals surface area contributed by atoms with Crippen LogP contribution in [0.2, 0.25) is 0 Å². The molecule has 1 saturated carbocycles. The van der Waals surface area contributed by atoms with E-state index in [1.807, 2.05) is 0 Å². The van der Waals surface area contributed by atoms with Gasteiger partial charge in [-0.1, -0.05) is 25.0 Å². The van der Waals surface area contributed by atoms with Gasteiger partial charge in [-0.2, -0.15) is 0 Å². The number of carbonyl (C=O) groups excluding carboxylic acids is 2. The highest BCUT2D eigenvalue weighted by molar-refractivity contribution is 5.96. The number of rotatable bonds is 5. The lowest BCUT2D eigenvalue weighted by atomic mass is 9.79. The quantitative estimate of drug-likeness (QED) is 0.445. The Hall–Kier alpha value is -2.90. The maximum atomic E-state index is 13.7. The van der Waals surface area contributed by atoms with Crippen molar-refractivity contribution in [1.29, 1.82) is 0 Å². The molecule has 1 aliphatic rings. The number of ether oxygens (including phenoxy) is 1. The van der Waals surface area contributed by atoms with Crippen LogP contribution in [0.1, 0.15) is 38.2 Å². The molecule has 0 spiro atoms. The second kappa shape index (κ2) is 8.23. The van der Waals surface area contributed by atoms with E-state index in [0.29, 0.717) is 24.5 Å². The minimum atomic E-state index is -1.71. The number of carbonyl (C=O) groups is 2. The zero-order chi connectivity index (χ0) is 21.2. The third kappa shape index (κ3) is 4.11. The molecule has 4 nitrogen and oxygen atoms in total. The minimum absolute atomic E-state index is 0.434. The van der Waals surface area contributed by atoms with E-state index in [-0.39, 0.29) is 0 Å². The average molecular weight is 409 g/mol. The molecule has 1 amide bonds. The lowest BCUT2D eigenvalue weighted by Gasteiger charge is -2.28. The molecule has 0 bridgehead atoms. The summed E-state index contributed by atoms with van der Waals surface area (Å²) in [5, 5.41) is 2.09. The van der Waals surface area contributed by atoms with Gasteiger partial charge in [0.2, 0.25) is 0 Å². The summed E-state index contributed by atoms with van der Waals surface area (Å²) in [6.07, 6.45) is 1.21. The lowest BCUT2D eigenvalue weighted by Crippen LogP contribution is -2.40. The van der Waals surface area contributed by atoms with E-state index < -0.39 is 52.4 Å². The zero-order valence-corrected chi connectivity index (χ0v) is 15.6. The number of nitrogens with one attached hydrogen (secondary N) is 1. The Kier molecular flexibility index (Phi) is 5.91. The van der Waals surface area contributed by atoms with Crippen molar-refractivity contribution in [2.45, 2.75) is 44.1 Å². The van der Waals surface area contributed by atoms with Crippen molar-refractivity contribution >= 4 is 17.6 Å². The fourth-order valence-electron chi connectivity index (χ4n) is 3.54. The topological polar surface area (TPSA) is 55.4 Å². The second-order valence-corrected chi connectivity index (χ2v) is 7.06. The summed E-state index contributed by atoms with van der Waals surface area (Å²) >= 11 is 0. The molecule has 0 unspecified atom stereocenters. The molecule has 0 aromatic heterocycles. The predicted molar refractivity (Wildman–Crippen MR) is 97.0 cm³/mol. The van der Waals surface area contributed by atoms with Gasteiger partial charge in [0.1, 0.15) is 5.82 Å². The van der Waals surface area contributed by atoms with Crippen molar-refractivity contribution < 1.29 is 31.9 Å². The summed E-state index contributed by atoms with van der Waals surface area (Å²) in [4.78, 5) is 25.2. The standard InChI is InChI=1S/C21H19F4NO3/c1-12(19(27)26-16-9-8-15(23)17(24)18(16)25)29-20(28)21(10-2-3-11-21)13-4-6-14(22)7-5-13/h4-9,12H,2-3,10-11H2,1H3,(H,26,27)/t12-/m1/s1. The Bertz CT molecular complexity index is 924. The van der Waals surface area contributed by atoms with Crippen LogP contribution in [0.25, 0.3) is 0 Å². The van der Waals surface area contributed by atoms with Crippen LogP contribution in [0.5, 0.6) is 0 Å². The molecule has 2 aromatic carbocycles. The van der Waals surface area contributed by atoms with Gasteiger partial charge in [-0.3, -0.25) is 9.59 Å². The first-order chi connectivity index (χ1) is 13.7. The summed E-state index contributed by atoms with van der Waals surface area (Å²) in [5.74, 6) is -6.62. The van der Waals surface area contributed by atoms with Crippen LogP contribution in [0.3, 0.4) is 0 Å². The normalized spacial score (nSPS) is 16.3. The molecule has 0 heterocycles. The number of esters is 1. The van der Waals surface area contributed by atoms with E-state index in [4.69, 9.17) is 4.74 Å². The van der Waals surface area contributed by atoms with Crippen molar-refractivity contribution in [1.82, 2.24) is 0 Å². The molecule has 154 valence electrons. The summed E-state index contributed by atoms with van der Waals surface area (Å²) < 4.78 is 58.6. The molecule has 0 aliphatic heterocycles. The number of amides is 1. The number of anilines is 1. The number of halogens is 4. The van der Waals surface area contributed by atoms with Crippen molar-refractivity contribution in [2.24, 2.45) is 0 Å². The molecule has 0 radical (unpaired) electrons. The van der Waals surface area contributed by atoms with Gasteiger partial charge in [-0.05, 0) is 49.6 Å². The Morgan fingerprint density at radius 2 is 1.59 bits per heavy atom. The lowest BCUT2D eigenvalue weighted by molar-refractivity contribution is -0.159. The molecule has 29 heavy (non-hydrogen) atoms. The number of hydrogen-bond donors (Lipinski definition) is 1. The van der Waals surface area contributed by atoms with Crippen LogP contribution in [-0.2, 0) is 19.7 Å². The predicted octanol–water partition coefficient (Wildman–Crippen LogP) is 4.63. The fourth-order valence-corrected chi connectivity index (χ4v) is 3.54. The van der Waals surface area contributed by atoms with Crippen molar-refractivity contribution in [2.75, 3.05) is 5.32 Å². The van der Waals surface area contributed by atoms with E-state index in [0.717, 1.165) is 18.9 Å². The summed E-state index contributed by atoms with van der Waals surface area (Å²) in [7, 11) is 0. The largest absolute Gasteiger partial charge is 0.452 e. The van der Waals surface area contributed by atoms with Crippen LogP contribution < -0.4 is 5.32 Å². The van der Waals surface area contributed by atoms with Crippen molar-refractivity contribution in [3.8, 4) is 0 Å². The summed E-state index contributed by atoms with van der Waals surface area (Å²) in [5.41, 5.74) is -0.957. The molecule has 8 heteroatoms. The Labute approximate surface area is 164 Å².